The van der Waals surface area contributed by atoms with Crippen molar-refractivity contribution in [1.82, 2.24) is 0 Å². The van der Waals surface area contributed by atoms with Crippen LogP contribution in [0.15, 0.2) is 78.9 Å². The zero-order chi connectivity index (χ0) is 17.6. The molecule has 0 spiro atoms. The molecule has 3 heteroatoms. The summed E-state index contributed by atoms with van der Waals surface area (Å²) in [7, 11) is 0. The molecule has 0 unspecified atom stereocenters. The summed E-state index contributed by atoms with van der Waals surface area (Å²) in [6, 6.07) is 23.9. The first-order valence-corrected chi connectivity index (χ1v) is 8.18. The molecule has 3 aromatic carbocycles. The van der Waals surface area contributed by atoms with Crippen LogP contribution in [0.4, 0.5) is 0 Å². The summed E-state index contributed by atoms with van der Waals surface area (Å²) < 4.78 is 5.36. The number of esters is 1. The van der Waals surface area contributed by atoms with Crippen molar-refractivity contribution in [2.75, 3.05) is 0 Å². The van der Waals surface area contributed by atoms with Crippen molar-refractivity contribution in [2.24, 2.45) is 0 Å². The van der Waals surface area contributed by atoms with E-state index in [4.69, 9.17) is 4.74 Å². The molecule has 124 valence electrons. The quantitative estimate of drug-likeness (QED) is 0.368. The molecule has 0 bridgehead atoms. The maximum atomic E-state index is 12.2. The lowest BCUT2D eigenvalue weighted by Crippen LogP contribution is -2.08. The van der Waals surface area contributed by atoms with E-state index in [1.54, 1.807) is 36.4 Å². The van der Waals surface area contributed by atoms with Crippen LogP contribution in [0.25, 0.3) is 11.1 Å². The molecule has 0 heterocycles. The van der Waals surface area contributed by atoms with Gasteiger partial charge in [-0.2, -0.15) is 0 Å². The van der Waals surface area contributed by atoms with E-state index in [-0.39, 0.29) is 5.78 Å². The van der Waals surface area contributed by atoms with Gasteiger partial charge >= 0.3 is 5.97 Å². The van der Waals surface area contributed by atoms with Crippen molar-refractivity contribution in [1.29, 1.82) is 0 Å². The zero-order valence-electron chi connectivity index (χ0n) is 13.9. The number of hydrogen-bond acceptors (Lipinski definition) is 3. The molecule has 3 nitrogen and oxygen atoms in total. The van der Waals surface area contributed by atoms with Crippen LogP contribution in [0.1, 0.15) is 34.1 Å². The molecule has 3 rings (SSSR count). The minimum atomic E-state index is -0.422. The van der Waals surface area contributed by atoms with E-state index in [0.29, 0.717) is 23.3 Å². The van der Waals surface area contributed by atoms with Crippen LogP contribution in [0.2, 0.25) is 0 Å². The summed E-state index contributed by atoms with van der Waals surface area (Å²) in [5.74, 6) is 0.0633. The van der Waals surface area contributed by atoms with Gasteiger partial charge in [0.05, 0.1) is 5.56 Å². The minimum absolute atomic E-state index is 0.0642. The molecule has 0 N–H and O–H groups in total. The molecule has 0 aromatic heterocycles. The Bertz CT molecular complexity index is 863. The van der Waals surface area contributed by atoms with Gasteiger partial charge in [0.2, 0.25) is 0 Å². The van der Waals surface area contributed by atoms with Gasteiger partial charge in [-0.25, -0.2) is 4.79 Å². The van der Waals surface area contributed by atoms with Gasteiger partial charge in [0.25, 0.3) is 0 Å². The number of benzene rings is 3. The lowest BCUT2D eigenvalue weighted by atomic mass is 10.0. The van der Waals surface area contributed by atoms with Crippen molar-refractivity contribution in [3.63, 3.8) is 0 Å². The number of ketones is 1. The topological polar surface area (TPSA) is 43.4 Å². The molecular weight excluding hydrogens is 312 g/mol. The van der Waals surface area contributed by atoms with Crippen LogP contribution in [-0.2, 0) is 0 Å². The molecule has 0 aliphatic rings. The SMILES string of the molecule is CCC(=O)c1ccc(OC(=O)c2ccc(-c3ccccc3)cc2)cc1. The van der Waals surface area contributed by atoms with Crippen LogP contribution < -0.4 is 4.74 Å². The van der Waals surface area contributed by atoms with Crippen molar-refractivity contribution in [3.05, 3.63) is 90.0 Å². The maximum absolute atomic E-state index is 12.2. The Morgan fingerprint density at radius 2 is 1.28 bits per heavy atom. The first-order chi connectivity index (χ1) is 12.2. The number of rotatable bonds is 5. The average molecular weight is 330 g/mol. The molecule has 0 amide bonds. The smallest absolute Gasteiger partial charge is 0.343 e. The van der Waals surface area contributed by atoms with Crippen LogP contribution in [0, 0.1) is 0 Å². The van der Waals surface area contributed by atoms with E-state index < -0.39 is 5.97 Å². The lowest BCUT2D eigenvalue weighted by Gasteiger charge is -2.06. The fourth-order valence-electron chi connectivity index (χ4n) is 2.51. The number of Topliss-reactive ketones (excluding diaryl/α,β-unsaturated/α-hetero) is 1. The summed E-state index contributed by atoms with van der Waals surface area (Å²) in [5.41, 5.74) is 3.24. The van der Waals surface area contributed by atoms with Gasteiger partial charge in [0.1, 0.15) is 5.75 Å². The Hall–Kier alpha value is -3.20. The Kier molecular flexibility index (Phi) is 5.05. The van der Waals surface area contributed by atoms with Crippen LogP contribution in [-0.4, -0.2) is 11.8 Å². The molecule has 0 saturated carbocycles. The second-order valence-corrected chi connectivity index (χ2v) is 5.63. The zero-order valence-corrected chi connectivity index (χ0v) is 13.9. The summed E-state index contributed by atoms with van der Waals surface area (Å²) in [6.45, 7) is 1.81. The fourth-order valence-corrected chi connectivity index (χ4v) is 2.51. The largest absolute Gasteiger partial charge is 0.423 e. The molecule has 25 heavy (non-hydrogen) atoms. The van der Waals surface area contributed by atoms with E-state index in [2.05, 4.69) is 0 Å². The van der Waals surface area contributed by atoms with Gasteiger partial charge in [-0.05, 0) is 47.5 Å². The number of carbonyl (C=O) groups is 2. The lowest BCUT2D eigenvalue weighted by molar-refractivity contribution is 0.0734. The molecule has 0 saturated heterocycles. The van der Waals surface area contributed by atoms with Crippen LogP contribution >= 0.6 is 0 Å². The number of ether oxygens (including phenoxy) is 1. The third-order valence-electron chi connectivity index (χ3n) is 3.94. The summed E-state index contributed by atoms with van der Waals surface area (Å²) >= 11 is 0. The highest BCUT2D eigenvalue weighted by Crippen LogP contribution is 2.20. The Labute approximate surface area is 146 Å². The van der Waals surface area contributed by atoms with Crippen molar-refractivity contribution < 1.29 is 14.3 Å². The third-order valence-corrected chi connectivity index (χ3v) is 3.94. The summed E-state index contributed by atoms with van der Waals surface area (Å²) in [4.78, 5) is 23.9. The van der Waals surface area contributed by atoms with E-state index in [9.17, 15) is 9.59 Å². The monoisotopic (exact) mass is 330 g/mol. The van der Waals surface area contributed by atoms with E-state index in [1.165, 1.54) is 0 Å². The fraction of sp³-hybridized carbons (Fsp3) is 0.0909. The Morgan fingerprint density at radius 1 is 0.720 bits per heavy atom. The van der Waals surface area contributed by atoms with Crippen molar-refractivity contribution in [2.45, 2.75) is 13.3 Å². The number of carbonyl (C=O) groups excluding carboxylic acids is 2. The van der Waals surface area contributed by atoms with Crippen LogP contribution in [0.3, 0.4) is 0 Å². The van der Waals surface area contributed by atoms with Gasteiger partial charge in [-0.1, -0.05) is 49.4 Å². The molecule has 0 aliphatic heterocycles. The molecule has 0 aliphatic carbocycles. The Balaban J connectivity index is 1.70. The van der Waals surface area contributed by atoms with Crippen molar-refractivity contribution >= 4 is 11.8 Å². The van der Waals surface area contributed by atoms with Gasteiger partial charge in [0.15, 0.2) is 5.78 Å². The summed E-state index contributed by atoms with van der Waals surface area (Å²) in [5, 5.41) is 0. The highest BCUT2D eigenvalue weighted by atomic mass is 16.5. The predicted molar refractivity (Wildman–Crippen MR) is 97.9 cm³/mol. The second kappa shape index (κ2) is 7.58. The molecule has 3 aromatic rings. The van der Waals surface area contributed by atoms with Gasteiger partial charge in [0, 0.05) is 12.0 Å². The van der Waals surface area contributed by atoms with E-state index in [1.807, 2.05) is 49.4 Å². The highest BCUT2D eigenvalue weighted by molar-refractivity contribution is 5.96. The van der Waals surface area contributed by atoms with Crippen molar-refractivity contribution in [3.8, 4) is 16.9 Å². The van der Waals surface area contributed by atoms with E-state index >= 15 is 0 Å². The molecular formula is C22H18O3. The standard InChI is InChI=1S/C22H18O3/c1-2-21(23)18-12-14-20(15-13-18)25-22(24)19-10-8-17(9-11-19)16-6-4-3-5-7-16/h3-15H,2H2,1H3. The third kappa shape index (κ3) is 4.01. The van der Waals surface area contributed by atoms with Crippen LogP contribution in [0.5, 0.6) is 5.75 Å². The first kappa shape index (κ1) is 16.7. The second-order valence-electron chi connectivity index (χ2n) is 5.63. The summed E-state index contributed by atoms with van der Waals surface area (Å²) in [6.07, 6.45) is 0.451. The first-order valence-electron chi connectivity index (χ1n) is 8.18. The van der Waals surface area contributed by atoms with Gasteiger partial charge < -0.3 is 4.74 Å². The Morgan fingerprint density at radius 3 is 1.88 bits per heavy atom. The van der Waals surface area contributed by atoms with Gasteiger partial charge in [-0.15, -0.1) is 0 Å². The highest BCUT2D eigenvalue weighted by Gasteiger charge is 2.10. The molecule has 0 radical (unpaired) electrons. The van der Waals surface area contributed by atoms with Gasteiger partial charge in [-0.3, -0.25) is 4.79 Å². The number of hydrogen-bond donors (Lipinski definition) is 0. The predicted octanol–water partition coefficient (Wildman–Crippen LogP) is 5.17. The average Bonchev–Trinajstić information content (AvgIpc) is 2.68. The normalized spacial score (nSPS) is 10.3. The molecule has 0 fully saturated rings. The maximum Gasteiger partial charge on any atom is 0.343 e. The van der Waals surface area contributed by atoms with E-state index in [0.717, 1.165) is 11.1 Å². The minimum Gasteiger partial charge on any atom is -0.423 e. The molecule has 0 atom stereocenters.